The van der Waals surface area contributed by atoms with Crippen molar-refractivity contribution in [3.63, 3.8) is 0 Å². The van der Waals surface area contributed by atoms with Crippen molar-refractivity contribution in [3.05, 3.63) is 29.8 Å². The number of ether oxygens (including phenoxy) is 1. The molecule has 2 aliphatic heterocycles. The molecule has 0 aliphatic carbocycles. The van der Waals surface area contributed by atoms with Crippen LogP contribution >= 0.6 is 0 Å². The number of fused-ring (bicyclic) bond motifs is 1. The van der Waals surface area contributed by atoms with Gasteiger partial charge in [0.25, 0.3) is 0 Å². The van der Waals surface area contributed by atoms with Crippen molar-refractivity contribution >= 4 is 11.6 Å². The molecule has 1 saturated heterocycles. The van der Waals surface area contributed by atoms with E-state index in [9.17, 15) is 4.79 Å². The highest BCUT2D eigenvalue weighted by atomic mass is 16.5. The minimum absolute atomic E-state index is 0.263. The van der Waals surface area contributed by atoms with E-state index in [-0.39, 0.29) is 5.91 Å². The Bertz CT molecular complexity index is 541. The number of benzene rings is 1. The van der Waals surface area contributed by atoms with Crippen molar-refractivity contribution in [1.82, 2.24) is 9.80 Å². The first-order valence-corrected chi connectivity index (χ1v) is 9.18. The Morgan fingerprint density at radius 3 is 2.50 bits per heavy atom. The summed E-state index contributed by atoms with van der Waals surface area (Å²) in [5.41, 5.74) is 2.41. The second-order valence-corrected chi connectivity index (χ2v) is 6.55. The highest BCUT2D eigenvalue weighted by Gasteiger charge is 2.24. The molecule has 0 N–H and O–H groups in total. The molecule has 0 unspecified atom stereocenters. The van der Waals surface area contributed by atoms with Gasteiger partial charge in [0.05, 0.1) is 6.61 Å². The summed E-state index contributed by atoms with van der Waals surface area (Å²) in [6.45, 7) is 10.6. The molecular weight excluding hydrogens is 302 g/mol. The van der Waals surface area contributed by atoms with Gasteiger partial charge in [-0.2, -0.15) is 0 Å². The zero-order valence-corrected chi connectivity index (χ0v) is 14.7. The quantitative estimate of drug-likeness (QED) is 0.712. The Morgan fingerprint density at radius 2 is 1.75 bits per heavy atom. The molecule has 1 aromatic carbocycles. The number of rotatable bonds is 7. The summed E-state index contributed by atoms with van der Waals surface area (Å²) in [5, 5.41) is 0. The van der Waals surface area contributed by atoms with E-state index < -0.39 is 0 Å². The Kier molecular flexibility index (Phi) is 6.24. The monoisotopic (exact) mass is 331 g/mol. The lowest BCUT2D eigenvalue weighted by Gasteiger charge is -2.34. The van der Waals surface area contributed by atoms with Gasteiger partial charge in [0.15, 0.2) is 0 Å². The molecule has 0 radical (unpaired) electrons. The van der Waals surface area contributed by atoms with Gasteiger partial charge in [-0.05, 0) is 25.0 Å². The lowest BCUT2D eigenvalue weighted by Crippen LogP contribution is -2.48. The molecule has 1 fully saturated rings. The summed E-state index contributed by atoms with van der Waals surface area (Å²) in [6, 6.07) is 8.27. The van der Waals surface area contributed by atoms with Crippen molar-refractivity contribution in [2.45, 2.75) is 19.8 Å². The first-order valence-electron chi connectivity index (χ1n) is 9.18. The molecule has 3 rings (SSSR count). The van der Waals surface area contributed by atoms with E-state index in [1.807, 2.05) is 17.9 Å². The number of nitrogens with zero attached hydrogens (tertiary/aromatic N) is 3. The third-order valence-corrected chi connectivity index (χ3v) is 5.05. The number of hydrogen-bond acceptors (Lipinski definition) is 4. The summed E-state index contributed by atoms with van der Waals surface area (Å²) >= 11 is 0. The van der Waals surface area contributed by atoms with E-state index >= 15 is 0 Å². The van der Waals surface area contributed by atoms with Crippen LogP contribution in [0.5, 0.6) is 0 Å². The van der Waals surface area contributed by atoms with Gasteiger partial charge in [-0.25, -0.2) is 0 Å². The molecule has 2 heterocycles. The topological polar surface area (TPSA) is 36.0 Å². The molecule has 0 saturated carbocycles. The van der Waals surface area contributed by atoms with Crippen LogP contribution in [-0.4, -0.2) is 74.7 Å². The van der Waals surface area contributed by atoms with Gasteiger partial charge in [-0.3, -0.25) is 9.69 Å². The van der Waals surface area contributed by atoms with Crippen LogP contribution in [0.1, 0.15) is 18.9 Å². The van der Waals surface area contributed by atoms with Crippen LogP contribution in [0.4, 0.5) is 5.69 Å². The number of carbonyl (C=O) groups is 1. The molecule has 0 atom stereocenters. The van der Waals surface area contributed by atoms with Crippen molar-refractivity contribution < 1.29 is 9.53 Å². The number of anilines is 1. The standard InChI is InChI=1S/C19H29N3O2/c1-2-24-16-15-21-13-11-20(12-14-21)9-8-19(23)22-10-7-17-5-3-4-6-18(17)22/h3-6H,2,7-16H2,1H3. The van der Waals surface area contributed by atoms with E-state index in [1.165, 1.54) is 5.56 Å². The van der Waals surface area contributed by atoms with Gasteiger partial charge in [-0.15, -0.1) is 0 Å². The molecule has 5 nitrogen and oxygen atoms in total. The van der Waals surface area contributed by atoms with E-state index in [1.54, 1.807) is 0 Å². The fourth-order valence-electron chi connectivity index (χ4n) is 3.56. The number of amides is 1. The Balaban J connectivity index is 1.39. The predicted octanol–water partition coefficient (Wildman–Crippen LogP) is 1.62. The van der Waals surface area contributed by atoms with Gasteiger partial charge in [0, 0.05) is 64.5 Å². The molecule has 1 aromatic rings. The average Bonchev–Trinajstić information content (AvgIpc) is 3.05. The summed E-state index contributed by atoms with van der Waals surface area (Å²) in [7, 11) is 0. The minimum Gasteiger partial charge on any atom is -0.380 e. The van der Waals surface area contributed by atoms with Gasteiger partial charge in [0.1, 0.15) is 0 Å². The van der Waals surface area contributed by atoms with E-state index in [0.717, 1.165) is 71.1 Å². The third-order valence-electron chi connectivity index (χ3n) is 5.05. The highest BCUT2D eigenvalue weighted by Crippen LogP contribution is 2.27. The summed E-state index contributed by atoms with van der Waals surface area (Å²) < 4.78 is 5.42. The fraction of sp³-hybridized carbons (Fsp3) is 0.632. The number of carbonyl (C=O) groups excluding carboxylic acids is 1. The molecule has 132 valence electrons. The number of piperazine rings is 1. The molecule has 5 heteroatoms. The SMILES string of the molecule is CCOCCN1CCN(CCC(=O)N2CCc3ccccc32)CC1. The maximum absolute atomic E-state index is 12.6. The van der Waals surface area contributed by atoms with E-state index in [2.05, 4.69) is 28.0 Å². The van der Waals surface area contributed by atoms with Gasteiger partial charge in [-0.1, -0.05) is 18.2 Å². The zero-order valence-electron chi connectivity index (χ0n) is 14.7. The Morgan fingerprint density at radius 1 is 1.04 bits per heavy atom. The van der Waals surface area contributed by atoms with Crippen LogP contribution in [0.2, 0.25) is 0 Å². The second-order valence-electron chi connectivity index (χ2n) is 6.55. The summed E-state index contributed by atoms with van der Waals surface area (Å²) in [6.07, 6.45) is 1.60. The number of hydrogen-bond donors (Lipinski definition) is 0. The van der Waals surface area contributed by atoms with Crippen LogP contribution in [0.3, 0.4) is 0 Å². The molecule has 0 aromatic heterocycles. The lowest BCUT2D eigenvalue weighted by atomic mass is 10.2. The summed E-state index contributed by atoms with van der Waals surface area (Å²) in [5.74, 6) is 0.263. The zero-order chi connectivity index (χ0) is 16.8. The highest BCUT2D eigenvalue weighted by molar-refractivity contribution is 5.95. The van der Waals surface area contributed by atoms with Crippen molar-refractivity contribution in [2.24, 2.45) is 0 Å². The van der Waals surface area contributed by atoms with Crippen LogP contribution < -0.4 is 4.90 Å². The number of para-hydroxylation sites is 1. The molecule has 1 amide bonds. The van der Waals surface area contributed by atoms with Crippen molar-refractivity contribution in [3.8, 4) is 0 Å². The van der Waals surface area contributed by atoms with Crippen LogP contribution in [0.25, 0.3) is 0 Å². The molecule has 0 spiro atoms. The second kappa shape index (κ2) is 8.60. The van der Waals surface area contributed by atoms with Crippen molar-refractivity contribution in [2.75, 3.05) is 63.9 Å². The molecular formula is C19H29N3O2. The fourth-order valence-corrected chi connectivity index (χ4v) is 3.56. The average molecular weight is 331 g/mol. The minimum atomic E-state index is 0.263. The normalized spacial score (nSPS) is 18.8. The maximum Gasteiger partial charge on any atom is 0.228 e. The predicted molar refractivity (Wildman–Crippen MR) is 96.5 cm³/mol. The third kappa shape index (κ3) is 4.35. The van der Waals surface area contributed by atoms with Gasteiger partial charge >= 0.3 is 0 Å². The van der Waals surface area contributed by atoms with E-state index in [4.69, 9.17) is 4.74 Å². The van der Waals surface area contributed by atoms with Crippen LogP contribution in [-0.2, 0) is 16.0 Å². The molecule has 2 aliphatic rings. The van der Waals surface area contributed by atoms with Gasteiger partial charge < -0.3 is 14.5 Å². The largest absolute Gasteiger partial charge is 0.380 e. The molecule has 0 bridgehead atoms. The van der Waals surface area contributed by atoms with Crippen LogP contribution in [0, 0.1) is 0 Å². The van der Waals surface area contributed by atoms with Crippen LogP contribution in [0.15, 0.2) is 24.3 Å². The van der Waals surface area contributed by atoms with E-state index in [0.29, 0.717) is 6.42 Å². The van der Waals surface area contributed by atoms with Gasteiger partial charge in [0.2, 0.25) is 5.91 Å². The molecule has 24 heavy (non-hydrogen) atoms. The Hall–Kier alpha value is -1.43. The van der Waals surface area contributed by atoms with Crippen molar-refractivity contribution in [1.29, 1.82) is 0 Å². The first-order chi connectivity index (χ1) is 11.8. The lowest BCUT2D eigenvalue weighted by molar-refractivity contribution is -0.118. The maximum atomic E-state index is 12.6. The Labute approximate surface area is 145 Å². The summed E-state index contributed by atoms with van der Waals surface area (Å²) in [4.78, 5) is 19.4. The first kappa shape index (κ1) is 17.4. The smallest absolute Gasteiger partial charge is 0.228 e.